The summed E-state index contributed by atoms with van der Waals surface area (Å²) in [5.74, 6) is 0. The molecule has 0 aliphatic heterocycles. The van der Waals surface area contributed by atoms with Crippen molar-refractivity contribution in [2.45, 2.75) is 6.16 Å². The van der Waals surface area contributed by atoms with Crippen molar-refractivity contribution in [3.8, 4) is 0 Å². The Bertz CT molecular complexity index is 361. The first-order chi connectivity index (χ1) is 5.90. The van der Waals surface area contributed by atoms with Crippen LogP contribution in [-0.2, 0) is 10.7 Å². The molecular weight excluding hydrogens is 323 g/mol. The number of hydrogen-bond donors (Lipinski definition) is 2. The summed E-state index contributed by atoms with van der Waals surface area (Å²) in [5, 5.41) is 0. The summed E-state index contributed by atoms with van der Waals surface area (Å²) in [5.41, 5.74) is 0.600. The first-order valence-corrected chi connectivity index (χ1v) is 6.76. The highest BCUT2D eigenvalue weighted by atomic mass is 79.9. The molecule has 0 heterocycles. The zero-order chi connectivity index (χ0) is 10.1. The van der Waals surface area contributed by atoms with Crippen LogP contribution in [-0.4, -0.2) is 9.79 Å². The zero-order valence-electron chi connectivity index (χ0n) is 6.44. The van der Waals surface area contributed by atoms with Gasteiger partial charge in [0.05, 0.1) is 6.16 Å². The molecule has 3 nitrogen and oxygen atoms in total. The standard InChI is InChI=1S/C7H7Br2O3P/c8-6-3-1-2-5(7(6)9)4-13(10,11)12/h1-3H,4H2,(H2,10,11,12). The second kappa shape index (κ2) is 4.24. The average Bonchev–Trinajstić information content (AvgIpc) is 1.96. The molecule has 0 unspecified atom stereocenters. The summed E-state index contributed by atoms with van der Waals surface area (Å²) >= 11 is 6.50. The summed E-state index contributed by atoms with van der Waals surface area (Å²) < 4.78 is 12.2. The smallest absolute Gasteiger partial charge is 0.324 e. The summed E-state index contributed by atoms with van der Waals surface area (Å²) in [6.45, 7) is 0. The fraction of sp³-hybridized carbons (Fsp3) is 0.143. The minimum absolute atomic E-state index is 0.243. The van der Waals surface area contributed by atoms with Crippen LogP contribution in [0, 0.1) is 0 Å². The van der Waals surface area contributed by atoms with E-state index in [-0.39, 0.29) is 6.16 Å². The Labute approximate surface area is 92.6 Å². The molecule has 72 valence electrons. The van der Waals surface area contributed by atoms with Crippen molar-refractivity contribution in [2.24, 2.45) is 0 Å². The molecule has 0 saturated carbocycles. The Morgan fingerprint density at radius 2 is 1.92 bits per heavy atom. The first-order valence-electron chi connectivity index (χ1n) is 3.37. The van der Waals surface area contributed by atoms with E-state index in [1.807, 2.05) is 0 Å². The van der Waals surface area contributed by atoms with Crippen molar-refractivity contribution >= 4 is 39.5 Å². The predicted octanol–water partition coefficient (Wildman–Crippen LogP) is 2.89. The monoisotopic (exact) mass is 328 g/mol. The number of benzene rings is 1. The Morgan fingerprint density at radius 1 is 1.31 bits per heavy atom. The molecule has 6 heteroatoms. The highest BCUT2D eigenvalue weighted by Gasteiger charge is 2.16. The van der Waals surface area contributed by atoms with Gasteiger partial charge in [-0.3, -0.25) is 4.57 Å². The highest BCUT2D eigenvalue weighted by Crippen LogP contribution is 2.42. The lowest BCUT2D eigenvalue weighted by molar-refractivity contribution is 0.371. The minimum Gasteiger partial charge on any atom is -0.324 e. The summed E-state index contributed by atoms with van der Waals surface area (Å²) in [6.07, 6.45) is -0.243. The van der Waals surface area contributed by atoms with E-state index in [4.69, 9.17) is 9.79 Å². The van der Waals surface area contributed by atoms with Crippen molar-refractivity contribution in [3.63, 3.8) is 0 Å². The van der Waals surface area contributed by atoms with Gasteiger partial charge in [0.2, 0.25) is 0 Å². The van der Waals surface area contributed by atoms with Gasteiger partial charge in [0.15, 0.2) is 0 Å². The fourth-order valence-electron chi connectivity index (χ4n) is 0.892. The van der Waals surface area contributed by atoms with E-state index >= 15 is 0 Å². The lowest BCUT2D eigenvalue weighted by atomic mass is 10.2. The number of rotatable bonds is 2. The van der Waals surface area contributed by atoms with E-state index < -0.39 is 7.60 Å². The van der Waals surface area contributed by atoms with E-state index in [0.29, 0.717) is 10.0 Å². The molecule has 1 aromatic carbocycles. The topological polar surface area (TPSA) is 57.5 Å². The van der Waals surface area contributed by atoms with Gasteiger partial charge in [-0.15, -0.1) is 0 Å². The van der Waals surface area contributed by atoms with Crippen molar-refractivity contribution in [1.82, 2.24) is 0 Å². The molecule has 0 spiro atoms. The van der Waals surface area contributed by atoms with E-state index in [9.17, 15) is 4.57 Å². The van der Waals surface area contributed by atoms with Crippen LogP contribution in [0.5, 0.6) is 0 Å². The Morgan fingerprint density at radius 3 is 2.46 bits per heavy atom. The number of halogens is 2. The second-order valence-electron chi connectivity index (χ2n) is 2.54. The van der Waals surface area contributed by atoms with Crippen molar-refractivity contribution in [3.05, 3.63) is 32.7 Å². The van der Waals surface area contributed by atoms with Gasteiger partial charge in [0.1, 0.15) is 0 Å². The third-order valence-corrected chi connectivity index (χ3v) is 4.29. The molecule has 1 aromatic rings. The lowest BCUT2D eigenvalue weighted by Gasteiger charge is -2.06. The molecule has 0 saturated heterocycles. The molecule has 0 atom stereocenters. The summed E-state index contributed by atoms with van der Waals surface area (Å²) in [6, 6.07) is 5.21. The Hall–Kier alpha value is 0.330. The minimum atomic E-state index is -3.99. The fourth-order valence-corrected chi connectivity index (χ4v) is 2.63. The normalized spacial score (nSPS) is 11.7. The van der Waals surface area contributed by atoms with Crippen LogP contribution in [0.4, 0.5) is 0 Å². The van der Waals surface area contributed by atoms with Crippen LogP contribution in [0.15, 0.2) is 27.1 Å². The molecule has 0 amide bonds. The quantitative estimate of drug-likeness (QED) is 0.820. The molecule has 2 N–H and O–H groups in total. The maximum atomic E-state index is 10.7. The summed E-state index contributed by atoms with van der Waals surface area (Å²) in [7, 11) is -3.99. The molecule has 13 heavy (non-hydrogen) atoms. The molecule has 0 aliphatic carbocycles. The molecule has 0 fully saturated rings. The summed E-state index contributed by atoms with van der Waals surface area (Å²) in [4.78, 5) is 17.5. The van der Waals surface area contributed by atoms with Gasteiger partial charge in [-0.2, -0.15) is 0 Å². The van der Waals surface area contributed by atoms with Crippen molar-refractivity contribution < 1.29 is 14.4 Å². The van der Waals surface area contributed by atoms with E-state index in [0.717, 1.165) is 4.47 Å². The SMILES string of the molecule is O=P(O)(O)Cc1cccc(Br)c1Br. The van der Waals surface area contributed by atoms with Crippen LogP contribution in [0.25, 0.3) is 0 Å². The lowest BCUT2D eigenvalue weighted by Crippen LogP contribution is -1.88. The van der Waals surface area contributed by atoms with E-state index in [2.05, 4.69) is 31.9 Å². The number of hydrogen-bond acceptors (Lipinski definition) is 1. The van der Waals surface area contributed by atoms with Crippen molar-refractivity contribution in [2.75, 3.05) is 0 Å². The van der Waals surface area contributed by atoms with Crippen LogP contribution < -0.4 is 0 Å². The Kier molecular flexibility index (Phi) is 3.72. The van der Waals surface area contributed by atoms with E-state index in [1.165, 1.54) is 0 Å². The largest absolute Gasteiger partial charge is 0.329 e. The van der Waals surface area contributed by atoms with Crippen LogP contribution >= 0.6 is 39.5 Å². The Balaban J connectivity index is 3.03. The van der Waals surface area contributed by atoms with Crippen LogP contribution in [0.3, 0.4) is 0 Å². The molecule has 0 aliphatic rings. The van der Waals surface area contributed by atoms with Gasteiger partial charge in [-0.05, 0) is 43.5 Å². The molecule has 0 aromatic heterocycles. The van der Waals surface area contributed by atoms with Gasteiger partial charge in [0.25, 0.3) is 0 Å². The van der Waals surface area contributed by atoms with Crippen molar-refractivity contribution in [1.29, 1.82) is 0 Å². The van der Waals surface area contributed by atoms with Crippen LogP contribution in [0.2, 0.25) is 0 Å². The zero-order valence-corrected chi connectivity index (χ0v) is 10.5. The maximum Gasteiger partial charge on any atom is 0.329 e. The van der Waals surface area contributed by atoms with Gasteiger partial charge in [-0.25, -0.2) is 0 Å². The molecular formula is C7H7Br2O3P. The first kappa shape index (κ1) is 11.4. The molecule has 0 bridgehead atoms. The molecule has 0 radical (unpaired) electrons. The second-order valence-corrected chi connectivity index (χ2v) is 5.83. The third-order valence-electron chi connectivity index (χ3n) is 1.41. The van der Waals surface area contributed by atoms with Crippen LogP contribution in [0.1, 0.15) is 5.56 Å². The average molecular weight is 330 g/mol. The van der Waals surface area contributed by atoms with Gasteiger partial charge >= 0.3 is 7.60 Å². The van der Waals surface area contributed by atoms with Gasteiger partial charge in [0, 0.05) is 8.95 Å². The maximum absolute atomic E-state index is 10.7. The predicted molar refractivity (Wildman–Crippen MR) is 57.6 cm³/mol. The highest BCUT2D eigenvalue weighted by molar-refractivity contribution is 9.13. The van der Waals surface area contributed by atoms with Gasteiger partial charge in [-0.1, -0.05) is 12.1 Å². The van der Waals surface area contributed by atoms with E-state index in [1.54, 1.807) is 18.2 Å². The van der Waals surface area contributed by atoms with Gasteiger partial charge < -0.3 is 9.79 Å². The third kappa shape index (κ3) is 3.52. The molecule has 1 rings (SSSR count).